The summed E-state index contributed by atoms with van der Waals surface area (Å²) in [5.74, 6) is -1.59. The van der Waals surface area contributed by atoms with Crippen LogP contribution in [0.2, 0.25) is 10.0 Å². The van der Waals surface area contributed by atoms with E-state index in [0.29, 0.717) is 51.9 Å². The normalized spacial score (nSPS) is 26.0. The lowest BCUT2D eigenvalue weighted by molar-refractivity contribution is -0.128. The lowest BCUT2D eigenvalue weighted by Crippen LogP contribution is -2.53. The molecule has 2 aliphatic carbocycles. The number of nitrogens with one attached hydrogen (secondary N) is 1. The summed E-state index contributed by atoms with van der Waals surface area (Å²) in [5, 5.41) is 3.64. The average Bonchev–Trinajstić information content (AvgIpc) is 3.40. The molecule has 1 saturated carbocycles. The minimum atomic E-state index is -1.18. The fourth-order valence-corrected chi connectivity index (χ4v) is 8.27. The highest BCUT2D eigenvalue weighted by Crippen LogP contribution is 2.65. The first-order valence-corrected chi connectivity index (χ1v) is 14.9. The van der Waals surface area contributed by atoms with Gasteiger partial charge in [-0.2, -0.15) is 0 Å². The van der Waals surface area contributed by atoms with Crippen molar-refractivity contribution < 1.29 is 18.7 Å². The first-order chi connectivity index (χ1) is 20.2. The summed E-state index contributed by atoms with van der Waals surface area (Å²) in [6, 6.07) is 12.2. The third kappa shape index (κ3) is 3.34. The van der Waals surface area contributed by atoms with Crippen molar-refractivity contribution in [3.8, 4) is 0 Å². The van der Waals surface area contributed by atoms with Crippen molar-refractivity contribution >= 4 is 46.4 Å². The quantitative estimate of drug-likeness (QED) is 0.279. The van der Waals surface area contributed by atoms with Crippen LogP contribution < -0.4 is 5.32 Å². The Hall–Kier alpha value is -3.46. The number of hydrogen-bond donors (Lipinski definition) is 1. The first kappa shape index (κ1) is 26.2. The SMILES string of the molecule is COC(=O)c1ccn2c3c(nc2c1C)[C@@H]1[C@H](C3)N(CC2CC2)[C@@]2(C(=O)Nc3cc(Cl)ccc32)[C@H]1c1cccc(Cl)c1F. The fraction of sp³-hybridized carbons (Fsp3) is 0.344. The van der Waals surface area contributed by atoms with Crippen molar-refractivity contribution in [2.45, 2.75) is 49.6 Å². The van der Waals surface area contributed by atoms with Crippen molar-refractivity contribution in [1.82, 2.24) is 14.3 Å². The molecule has 4 aromatic rings. The van der Waals surface area contributed by atoms with Gasteiger partial charge in [-0.1, -0.05) is 41.4 Å². The molecule has 1 saturated heterocycles. The van der Waals surface area contributed by atoms with E-state index in [0.717, 1.165) is 29.8 Å². The second-order valence-electron chi connectivity index (χ2n) is 11.9. The van der Waals surface area contributed by atoms with Crippen LogP contribution in [0.5, 0.6) is 0 Å². The van der Waals surface area contributed by atoms with Gasteiger partial charge in [0.05, 0.1) is 23.4 Å². The Morgan fingerprint density at radius 1 is 1.21 bits per heavy atom. The minimum absolute atomic E-state index is 0.0152. The number of esters is 1. The summed E-state index contributed by atoms with van der Waals surface area (Å²) < 4.78 is 23.2. The molecule has 0 unspecified atom stereocenters. The van der Waals surface area contributed by atoms with Gasteiger partial charge in [0.25, 0.3) is 0 Å². The van der Waals surface area contributed by atoms with E-state index in [1.54, 1.807) is 30.3 Å². The second-order valence-corrected chi connectivity index (χ2v) is 12.8. The number of fused-ring (bicyclic) bond motifs is 7. The number of likely N-dealkylation sites (tertiary alicyclic amines) is 1. The molecule has 2 aromatic heterocycles. The molecule has 1 N–H and O–H groups in total. The molecule has 0 bridgehead atoms. The third-order valence-electron chi connectivity index (χ3n) is 9.83. The molecule has 214 valence electrons. The zero-order chi connectivity index (χ0) is 29.1. The molecule has 1 spiro atoms. The van der Waals surface area contributed by atoms with Crippen LogP contribution >= 0.6 is 23.2 Å². The van der Waals surface area contributed by atoms with Gasteiger partial charge in [-0.15, -0.1) is 0 Å². The van der Waals surface area contributed by atoms with Crippen molar-refractivity contribution in [1.29, 1.82) is 0 Å². The Morgan fingerprint density at radius 2 is 2.02 bits per heavy atom. The van der Waals surface area contributed by atoms with Gasteiger partial charge in [0.1, 0.15) is 17.0 Å². The summed E-state index contributed by atoms with van der Waals surface area (Å²) in [7, 11) is 1.36. The first-order valence-electron chi connectivity index (χ1n) is 14.2. The van der Waals surface area contributed by atoms with E-state index in [4.69, 9.17) is 32.9 Å². The van der Waals surface area contributed by atoms with Crippen LogP contribution in [-0.4, -0.2) is 45.9 Å². The molecular weight excluding hydrogens is 578 g/mol. The molecule has 10 heteroatoms. The summed E-state index contributed by atoms with van der Waals surface area (Å²) in [4.78, 5) is 34.4. The number of carbonyl (C=O) groups excluding carboxylic acids is 2. The summed E-state index contributed by atoms with van der Waals surface area (Å²) in [6.45, 7) is 2.57. The van der Waals surface area contributed by atoms with E-state index in [-0.39, 0.29) is 22.9 Å². The fourth-order valence-electron chi connectivity index (χ4n) is 7.92. The van der Waals surface area contributed by atoms with Crippen molar-refractivity contribution in [2.75, 3.05) is 19.0 Å². The lowest BCUT2D eigenvalue weighted by Gasteiger charge is -2.40. The molecule has 2 aliphatic heterocycles. The molecular formula is C32H27Cl2FN4O3. The van der Waals surface area contributed by atoms with Crippen LogP contribution in [0.4, 0.5) is 10.1 Å². The van der Waals surface area contributed by atoms with Gasteiger partial charge in [0, 0.05) is 64.6 Å². The Kier molecular flexibility index (Phi) is 5.62. The summed E-state index contributed by atoms with van der Waals surface area (Å²) in [5.41, 5.74) is 4.31. The Bertz CT molecular complexity index is 1850. The number of rotatable bonds is 4. The van der Waals surface area contributed by atoms with E-state index in [1.165, 1.54) is 13.2 Å². The van der Waals surface area contributed by atoms with Crippen LogP contribution in [0.25, 0.3) is 5.65 Å². The van der Waals surface area contributed by atoms with Crippen molar-refractivity contribution in [2.24, 2.45) is 5.92 Å². The molecule has 42 heavy (non-hydrogen) atoms. The van der Waals surface area contributed by atoms with Gasteiger partial charge >= 0.3 is 5.97 Å². The number of imidazole rings is 1. The Labute approximate surface area is 251 Å². The zero-order valence-electron chi connectivity index (χ0n) is 23.0. The maximum absolute atomic E-state index is 16.2. The van der Waals surface area contributed by atoms with Gasteiger partial charge in [-0.25, -0.2) is 14.2 Å². The van der Waals surface area contributed by atoms with E-state index >= 15 is 4.39 Å². The molecule has 4 heterocycles. The highest BCUT2D eigenvalue weighted by Gasteiger charge is 2.69. The second kappa shape index (κ2) is 9.02. The van der Waals surface area contributed by atoms with Crippen LogP contribution in [0, 0.1) is 18.7 Å². The van der Waals surface area contributed by atoms with Gasteiger partial charge in [0.15, 0.2) is 0 Å². The number of methoxy groups -OCH3 is 1. The van der Waals surface area contributed by atoms with Crippen molar-refractivity contribution in [3.63, 3.8) is 0 Å². The zero-order valence-corrected chi connectivity index (χ0v) is 24.5. The number of carbonyl (C=O) groups is 2. The van der Waals surface area contributed by atoms with Crippen LogP contribution in [0.3, 0.4) is 0 Å². The highest BCUT2D eigenvalue weighted by atomic mass is 35.5. The smallest absolute Gasteiger partial charge is 0.338 e. The lowest BCUT2D eigenvalue weighted by atomic mass is 9.71. The van der Waals surface area contributed by atoms with Crippen LogP contribution in [0.1, 0.15) is 63.1 Å². The summed E-state index contributed by atoms with van der Waals surface area (Å²) in [6.07, 6.45) is 4.68. The standard InChI is InChI=1S/C32H27Cl2FN4O3/c1-15-18(30(40)42-2)10-11-38-24-13-23-25(28(24)37-29(15)38)26(19-4-3-5-21(34)27(19)35)32(39(23)14-16-6-7-16)20-9-8-17(33)12-22(20)36-31(32)41/h3-5,8-12,16,23,25-26H,6-7,13-14H2,1-2H3,(H,36,41)/t23-,25+,26-,32+/m0/s1. The number of benzene rings is 2. The Morgan fingerprint density at radius 3 is 2.79 bits per heavy atom. The minimum Gasteiger partial charge on any atom is -0.465 e. The Balaban J connectivity index is 1.41. The van der Waals surface area contributed by atoms with Gasteiger partial charge in [0.2, 0.25) is 5.91 Å². The monoisotopic (exact) mass is 604 g/mol. The molecule has 4 aliphatic rings. The number of hydrogen-bond acceptors (Lipinski definition) is 5. The predicted molar refractivity (Wildman–Crippen MR) is 157 cm³/mol. The molecule has 4 atom stereocenters. The van der Waals surface area contributed by atoms with Crippen LogP contribution in [-0.2, 0) is 21.5 Å². The average molecular weight is 605 g/mol. The van der Waals surface area contributed by atoms with Crippen LogP contribution in [0.15, 0.2) is 48.7 Å². The molecule has 1 amide bonds. The summed E-state index contributed by atoms with van der Waals surface area (Å²) >= 11 is 12.8. The number of aromatic nitrogens is 2. The maximum Gasteiger partial charge on any atom is 0.338 e. The van der Waals surface area contributed by atoms with Crippen molar-refractivity contribution in [3.05, 3.63) is 98.2 Å². The molecule has 0 radical (unpaired) electrons. The predicted octanol–water partition coefficient (Wildman–Crippen LogP) is 6.24. The molecule has 2 fully saturated rings. The molecule has 2 aromatic carbocycles. The van der Waals surface area contributed by atoms with E-state index in [9.17, 15) is 9.59 Å². The maximum atomic E-state index is 16.2. The van der Waals surface area contributed by atoms with E-state index in [2.05, 4.69) is 10.2 Å². The number of halogens is 3. The van der Waals surface area contributed by atoms with Gasteiger partial charge in [-0.05, 0) is 55.5 Å². The number of ether oxygens (including phenoxy) is 1. The number of aryl methyl sites for hydroxylation is 1. The highest BCUT2D eigenvalue weighted by molar-refractivity contribution is 6.31. The van der Waals surface area contributed by atoms with Gasteiger partial charge < -0.3 is 14.5 Å². The van der Waals surface area contributed by atoms with Gasteiger partial charge in [-0.3, -0.25) is 9.69 Å². The number of nitrogens with zero attached hydrogens (tertiary/aromatic N) is 3. The number of anilines is 1. The topological polar surface area (TPSA) is 75.9 Å². The number of pyridine rings is 1. The number of amides is 1. The molecule has 7 nitrogen and oxygen atoms in total. The largest absolute Gasteiger partial charge is 0.465 e. The molecule has 8 rings (SSSR count). The van der Waals surface area contributed by atoms with E-state index in [1.807, 2.05) is 23.6 Å². The van der Waals surface area contributed by atoms with E-state index < -0.39 is 23.2 Å². The third-order valence-corrected chi connectivity index (χ3v) is 10.4.